The molecule has 0 heterocycles. The number of aliphatic hydroxyl groups excluding tert-OH is 1. The van der Waals surface area contributed by atoms with Gasteiger partial charge in [0.15, 0.2) is 0 Å². The average Bonchev–Trinajstić information content (AvgIpc) is 2.31. The van der Waals surface area contributed by atoms with E-state index in [0.29, 0.717) is 17.7 Å². The number of methoxy groups -OCH3 is 1. The topological polar surface area (TPSA) is 75.6 Å². The van der Waals surface area contributed by atoms with Crippen LogP contribution in [0.4, 0.5) is 0 Å². The van der Waals surface area contributed by atoms with Crippen LogP contribution in [0.15, 0.2) is 17.0 Å². The molecule has 0 atom stereocenters. The fourth-order valence-electron chi connectivity index (χ4n) is 1.64. The van der Waals surface area contributed by atoms with Crippen LogP contribution in [0.25, 0.3) is 0 Å². The number of aryl methyl sites for hydroxylation is 2. The van der Waals surface area contributed by atoms with Crippen LogP contribution in [0, 0.1) is 13.8 Å². The Morgan fingerprint density at radius 1 is 1.28 bits per heavy atom. The van der Waals surface area contributed by atoms with E-state index >= 15 is 0 Å². The SMILES string of the molecule is COc1cc(C)c(S(=O)(=O)NCCCO)cc1C. The van der Waals surface area contributed by atoms with Crippen LogP contribution in [0.1, 0.15) is 17.5 Å². The minimum atomic E-state index is -3.53. The molecule has 1 rings (SSSR count). The Hall–Kier alpha value is -1.11. The third-order valence-electron chi connectivity index (χ3n) is 2.61. The van der Waals surface area contributed by atoms with Crippen molar-refractivity contribution in [1.82, 2.24) is 4.72 Å². The summed E-state index contributed by atoms with van der Waals surface area (Å²) in [7, 11) is -1.98. The van der Waals surface area contributed by atoms with Gasteiger partial charge < -0.3 is 9.84 Å². The molecule has 18 heavy (non-hydrogen) atoms. The van der Waals surface area contributed by atoms with Gasteiger partial charge in [0.05, 0.1) is 12.0 Å². The zero-order valence-corrected chi connectivity index (χ0v) is 11.7. The standard InChI is InChI=1S/C12H19NO4S/c1-9-8-12(10(2)7-11(9)17-3)18(15,16)13-5-4-6-14/h7-8,13-14H,4-6H2,1-3H3. The van der Waals surface area contributed by atoms with Crippen LogP contribution >= 0.6 is 0 Å². The van der Waals surface area contributed by atoms with Gasteiger partial charge in [0, 0.05) is 13.2 Å². The van der Waals surface area contributed by atoms with Crippen LogP contribution in [0.2, 0.25) is 0 Å². The van der Waals surface area contributed by atoms with Crippen LogP contribution in [-0.4, -0.2) is 33.8 Å². The molecule has 0 fully saturated rings. The molecule has 0 unspecified atom stereocenters. The van der Waals surface area contributed by atoms with Crippen molar-refractivity contribution in [3.8, 4) is 5.75 Å². The van der Waals surface area contributed by atoms with E-state index in [4.69, 9.17) is 9.84 Å². The summed E-state index contributed by atoms with van der Waals surface area (Å²) in [5.74, 6) is 0.668. The number of benzene rings is 1. The highest BCUT2D eigenvalue weighted by molar-refractivity contribution is 7.89. The van der Waals surface area contributed by atoms with E-state index in [2.05, 4.69) is 4.72 Å². The van der Waals surface area contributed by atoms with E-state index < -0.39 is 10.0 Å². The normalized spacial score (nSPS) is 11.6. The van der Waals surface area contributed by atoms with Gasteiger partial charge in [-0.15, -0.1) is 0 Å². The number of nitrogens with one attached hydrogen (secondary N) is 1. The van der Waals surface area contributed by atoms with Crippen molar-refractivity contribution in [2.75, 3.05) is 20.3 Å². The molecule has 0 radical (unpaired) electrons. The quantitative estimate of drug-likeness (QED) is 0.757. The van der Waals surface area contributed by atoms with Crippen molar-refractivity contribution in [1.29, 1.82) is 0 Å². The smallest absolute Gasteiger partial charge is 0.240 e. The lowest BCUT2D eigenvalue weighted by atomic mass is 10.1. The molecule has 0 aliphatic heterocycles. The molecule has 0 saturated heterocycles. The molecule has 0 bridgehead atoms. The van der Waals surface area contributed by atoms with E-state index in [0.717, 1.165) is 5.56 Å². The van der Waals surface area contributed by atoms with Gasteiger partial charge in [-0.25, -0.2) is 13.1 Å². The first kappa shape index (κ1) is 14.9. The molecule has 6 heteroatoms. The van der Waals surface area contributed by atoms with Crippen LogP contribution in [0.3, 0.4) is 0 Å². The predicted octanol–water partition coefficient (Wildman–Crippen LogP) is 0.973. The second-order valence-electron chi connectivity index (χ2n) is 4.06. The Morgan fingerprint density at radius 3 is 2.50 bits per heavy atom. The minimum absolute atomic E-state index is 0.0385. The van der Waals surface area contributed by atoms with Crippen molar-refractivity contribution in [2.45, 2.75) is 25.2 Å². The first-order chi connectivity index (χ1) is 8.42. The van der Waals surface area contributed by atoms with Gasteiger partial charge in [-0.2, -0.15) is 0 Å². The van der Waals surface area contributed by atoms with Gasteiger partial charge in [0.25, 0.3) is 0 Å². The molecule has 5 nitrogen and oxygen atoms in total. The molecule has 1 aromatic rings. The molecule has 0 amide bonds. The number of rotatable bonds is 6. The van der Waals surface area contributed by atoms with Crippen molar-refractivity contribution in [3.05, 3.63) is 23.3 Å². The van der Waals surface area contributed by atoms with Crippen LogP contribution in [0.5, 0.6) is 5.75 Å². The zero-order chi connectivity index (χ0) is 13.8. The number of hydrogen-bond donors (Lipinski definition) is 2. The minimum Gasteiger partial charge on any atom is -0.496 e. The van der Waals surface area contributed by atoms with Crippen LogP contribution in [-0.2, 0) is 10.0 Å². The lowest BCUT2D eigenvalue weighted by Gasteiger charge is -2.12. The zero-order valence-electron chi connectivity index (χ0n) is 10.9. The summed E-state index contributed by atoms with van der Waals surface area (Å²) in [6.07, 6.45) is 0.396. The van der Waals surface area contributed by atoms with E-state index in [1.54, 1.807) is 33.1 Å². The third-order valence-corrected chi connectivity index (χ3v) is 4.21. The van der Waals surface area contributed by atoms with Gasteiger partial charge in [-0.3, -0.25) is 0 Å². The Morgan fingerprint density at radius 2 is 1.94 bits per heavy atom. The molecule has 0 saturated carbocycles. The fourth-order valence-corrected chi connectivity index (χ4v) is 3.02. The summed E-state index contributed by atoms with van der Waals surface area (Å²) in [6, 6.07) is 3.30. The summed E-state index contributed by atoms with van der Waals surface area (Å²) in [6.45, 7) is 3.71. The highest BCUT2D eigenvalue weighted by Crippen LogP contribution is 2.25. The third kappa shape index (κ3) is 3.44. The number of aliphatic hydroxyl groups is 1. The summed E-state index contributed by atoms with van der Waals surface area (Å²) < 4.78 is 31.7. The molecule has 2 N–H and O–H groups in total. The van der Waals surface area contributed by atoms with Gasteiger partial charge >= 0.3 is 0 Å². The van der Waals surface area contributed by atoms with E-state index in [9.17, 15) is 8.42 Å². The maximum absolute atomic E-state index is 12.0. The van der Waals surface area contributed by atoms with Gasteiger partial charge in [0.1, 0.15) is 5.75 Å². The van der Waals surface area contributed by atoms with Gasteiger partial charge in [0.2, 0.25) is 10.0 Å². The number of ether oxygens (including phenoxy) is 1. The molecular formula is C12H19NO4S. The van der Waals surface area contributed by atoms with Crippen molar-refractivity contribution < 1.29 is 18.3 Å². The summed E-state index contributed by atoms with van der Waals surface area (Å²) >= 11 is 0. The number of hydrogen-bond acceptors (Lipinski definition) is 4. The second-order valence-corrected chi connectivity index (χ2v) is 5.80. The van der Waals surface area contributed by atoms with E-state index in [1.807, 2.05) is 0 Å². The second kappa shape index (κ2) is 6.17. The summed E-state index contributed by atoms with van der Waals surface area (Å²) in [4.78, 5) is 0.249. The molecular weight excluding hydrogens is 254 g/mol. The van der Waals surface area contributed by atoms with Gasteiger partial charge in [-0.1, -0.05) is 0 Å². The van der Waals surface area contributed by atoms with Gasteiger partial charge in [-0.05, 0) is 43.5 Å². The monoisotopic (exact) mass is 273 g/mol. The predicted molar refractivity (Wildman–Crippen MR) is 69.4 cm³/mol. The highest BCUT2D eigenvalue weighted by Gasteiger charge is 2.17. The first-order valence-electron chi connectivity index (χ1n) is 5.68. The average molecular weight is 273 g/mol. The Labute approximate surface area is 108 Å². The Bertz CT molecular complexity index is 511. The molecule has 1 aromatic carbocycles. The highest BCUT2D eigenvalue weighted by atomic mass is 32.2. The largest absolute Gasteiger partial charge is 0.496 e. The Balaban J connectivity index is 3.05. The maximum Gasteiger partial charge on any atom is 0.240 e. The number of sulfonamides is 1. The lowest BCUT2D eigenvalue weighted by Crippen LogP contribution is -2.26. The summed E-state index contributed by atoms with van der Waals surface area (Å²) in [5.41, 5.74) is 1.40. The van der Waals surface area contributed by atoms with Crippen molar-refractivity contribution in [3.63, 3.8) is 0 Å². The van der Waals surface area contributed by atoms with E-state index in [1.165, 1.54) is 0 Å². The van der Waals surface area contributed by atoms with E-state index in [-0.39, 0.29) is 18.0 Å². The molecule has 0 aromatic heterocycles. The molecule has 0 aliphatic carbocycles. The van der Waals surface area contributed by atoms with Crippen molar-refractivity contribution in [2.24, 2.45) is 0 Å². The summed E-state index contributed by atoms with van der Waals surface area (Å²) in [5, 5.41) is 8.65. The first-order valence-corrected chi connectivity index (χ1v) is 7.16. The Kier molecular flexibility index (Phi) is 5.13. The van der Waals surface area contributed by atoms with Crippen LogP contribution < -0.4 is 9.46 Å². The molecule has 102 valence electrons. The fraction of sp³-hybridized carbons (Fsp3) is 0.500. The lowest BCUT2D eigenvalue weighted by molar-refractivity contribution is 0.289. The van der Waals surface area contributed by atoms with Crippen molar-refractivity contribution >= 4 is 10.0 Å². The maximum atomic E-state index is 12.0. The molecule has 0 aliphatic rings. The molecule has 0 spiro atoms.